The highest BCUT2D eigenvalue weighted by Crippen LogP contribution is 2.25. The Bertz CT molecular complexity index is 226. The van der Waals surface area contributed by atoms with E-state index in [4.69, 9.17) is 0 Å². The molecule has 1 aliphatic carbocycles. The van der Waals surface area contributed by atoms with Crippen LogP contribution in [-0.4, -0.2) is 60.3 Å². The van der Waals surface area contributed by atoms with E-state index in [9.17, 15) is 5.11 Å². The van der Waals surface area contributed by atoms with Crippen LogP contribution in [0.3, 0.4) is 0 Å². The first-order chi connectivity index (χ1) is 8.18. The van der Waals surface area contributed by atoms with Gasteiger partial charge in [0, 0.05) is 12.1 Å². The molecule has 0 radical (unpaired) electrons. The summed E-state index contributed by atoms with van der Waals surface area (Å²) in [6.45, 7) is 2.41. The first-order valence-corrected chi connectivity index (χ1v) is 7.27. The van der Waals surface area contributed by atoms with E-state index in [0.717, 1.165) is 6.42 Å². The third-order valence-corrected chi connectivity index (χ3v) is 4.73. The normalized spacial score (nSPS) is 33.9. The molecule has 1 saturated heterocycles. The molecule has 3 heteroatoms. The minimum atomic E-state index is -0.0952. The minimum Gasteiger partial charge on any atom is -0.391 e. The molecule has 0 aromatic rings. The summed E-state index contributed by atoms with van der Waals surface area (Å²) in [6.07, 6.45) is 8.41. The van der Waals surface area contributed by atoms with Gasteiger partial charge in [-0.2, -0.15) is 0 Å². The molecule has 0 bridgehead atoms. The molecule has 0 amide bonds. The molecule has 2 atom stereocenters. The van der Waals surface area contributed by atoms with E-state index in [0.29, 0.717) is 12.1 Å². The number of likely N-dealkylation sites (N-methyl/N-ethyl adjacent to an activating group) is 1. The Morgan fingerprint density at radius 2 is 1.65 bits per heavy atom. The number of aliphatic hydroxyl groups is 1. The predicted octanol–water partition coefficient (Wildman–Crippen LogP) is 1.71. The molecular weight excluding hydrogens is 212 g/mol. The topological polar surface area (TPSA) is 26.7 Å². The summed E-state index contributed by atoms with van der Waals surface area (Å²) in [6, 6.07) is 1.09. The van der Waals surface area contributed by atoms with E-state index in [1.54, 1.807) is 0 Å². The Kier molecular flexibility index (Phi) is 4.83. The summed E-state index contributed by atoms with van der Waals surface area (Å²) in [5, 5.41) is 10.2. The second-order valence-corrected chi connectivity index (χ2v) is 5.97. The van der Waals surface area contributed by atoms with E-state index in [2.05, 4.69) is 23.9 Å². The van der Waals surface area contributed by atoms with Crippen LogP contribution < -0.4 is 0 Å². The van der Waals surface area contributed by atoms with Crippen molar-refractivity contribution in [3.05, 3.63) is 0 Å². The predicted molar refractivity (Wildman–Crippen MR) is 71.2 cm³/mol. The monoisotopic (exact) mass is 240 g/mol. The largest absolute Gasteiger partial charge is 0.391 e. The van der Waals surface area contributed by atoms with Crippen molar-refractivity contribution in [2.24, 2.45) is 0 Å². The van der Waals surface area contributed by atoms with Crippen LogP contribution in [0.15, 0.2) is 0 Å². The van der Waals surface area contributed by atoms with Gasteiger partial charge in [-0.3, -0.25) is 4.90 Å². The first kappa shape index (κ1) is 13.3. The molecule has 2 fully saturated rings. The summed E-state index contributed by atoms with van der Waals surface area (Å²) in [4.78, 5) is 4.90. The Morgan fingerprint density at radius 3 is 2.35 bits per heavy atom. The number of hydrogen-bond donors (Lipinski definition) is 1. The maximum atomic E-state index is 10.2. The molecule has 0 spiro atoms. The van der Waals surface area contributed by atoms with Crippen LogP contribution in [0.25, 0.3) is 0 Å². The van der Waals surface area contributed by atoms with Gasteiger partial charge in [-0.05, 0) is 52.9 Å². The average Bonchev–Trinajstić information content (AvgIpc) is 2.54. The lowest BCUT2D eigenvalue weighted by Gasteiger charge is -2.40. The molecule has 3 nitrogen and oxygen atoms in total. The van der Waals surface area contributed by atoms with Crippen LogP contribution >= 0.6 is 0 Å². The van der Waals surface area contributed by atoms with Gasteiger partial charge in [0.1, 0.15) is 0 Å². The Balaban J connectivity index is 1.90. The lowest BCUT2D eigenvalue weighted by atomic mass is 9.98. The highest BCUT2D eigenvalue weighted by atomic mass is 16.3. The van der Waals surface area contributed by atoms with Crippen LogP contribution in [0, 0.1) is 0 Å². The van der Waals surface area contributed by atoms with Crippen molar-refractivity contribution in [2.45, 2.75) is 63.1 Å². The third-order valence-electron chi connectivity index (χ3n) is 4.73. The van der Waals surface area contributed by atoms with Crippen molar-refractivity contribution in [3.8, 4) is 0 Å². The number of nitrogens with zero attached hydrogens (tertiary/aromatic N) is 2. The summed E-state index contributed by atoms with van der Waals surface area (Å²) in [5.41, 5.74) is 0. The number of piperidine rings is 1. The van der Waals surface area contributed by atoms with E-state index in [1.807, 2.05) is 0 Å². The Labute approximate surface area is 106 Å². The van der Waals surface area contributed by atoms with Crippen molar-refractivity contribution >= 4 is 0 Å². The van der Waals surface area contributed by atoms with E-state index in [1.165, 1.54) is 51.6 Å². The number of rotatable bonds is 2. The Hall–Kier alpha value is -0.120. The zero-order valence-corrected chi connectivity index (χ0v) is 11.4. The second-order valence-electron chi connectivity index (χ2n) is 5.97. The van der Waals surface area contributed by atoms with Gasteiger partial charge >= 0.3 is 0 Å². The lowest BCUT2D eigenvalue weighted by molar-refractivity contribution is 0.0195. The average molecular weight is 240 g/mol. The molecule has 1 heterocycles. The molecule has 1 aliphatic heterocycles. The molecule has 1 saturated carbocycles. The lowest BCUT2D eigenvalue weighted by Crippen LogP contribution is -2.50. The number of aliphatic hydroxyl groups excluding tert-OH is 1. The first-order valence-electron chi connectivity index (χ1n) is 7.27. The molecule has 100 valence electrons. The van der Waals surface area contributed by atoms with Gasteiger partial charge in [0.2, 0.25) is 0 Å². The fraction of sp³-hybridized carbons (Fsp3) is 1.00. The van der Waals surface area contributed by atoms with Crippen molar-refractivity contribution in [1.29, 1.82) is 0 Å². The summed E-state index contributed by atoms with van der Waals surface area (Å²) >= 11 is 0. The molecule has 2 rings (SSSR count). The van der Waals surface area contributed by atoms with Gasteiger partial charge in [0.25, 0.3) is 0 Å². The van der Waals surface area contributed by atoms with Crippen molar-refractivity contribution in [1.82, 2.24) is 9.80 Å². The highest BCUT2D eigenvalue weighted by Gasteiger charge is 2.30. The SMILES string of the molecule is CN1CCC(N(C)C2CCCCCC2O)CC1. The standard InChI is InChI=1S/C14H28N2O/c1-15-10-8-12(9-11-15)16(2)13-6-4-3-5-7-14(13)17/h12-14,17H,3-11H2,1-2H3. The fourth-order valence-electron chi connectivity index (χ4n) is 3.42. The molecule has 1 N–H and O–H groups in total. The molecule has 17 heavy (non-hydrogen) atoms. The zero-order chi connectivity index (χ0) is 12.3. The van der Waals surface area contributed by atoms with Gasteiger partial charge < -0.3 is 10.0 Å². The van der Waals surface area contributed by atoms with Crippen molar-refractivity contribution in [3.63, 3.8) is 0 Å². The van der Waals surface area contributed by atoms with Gasteiger partial charge in [0.15, 0.2) is 0 Å². The second kappa shape index (κ2) is 6.17. The highest BCUT2D eigenvalue weighted by molar-refractivity contribution is 4.86. The molecule has 2 aliphatic rings. The number of hydrogen-bond acceptors (Lipinski definition) is 3. The zero-order valence-electron chi connectivity index (χ0n) is 11.4. The maximum Gasteiger partial charge on any atom is 0.0695 e. The summed E-state index contributed by atoms with van der Waals surface area (Å²) in [7, 11) is 4.44. The minimum absolute atomic E-state index is 0.0952. The molecule has 2 unspecified atom stereocenters. The van der Waals surface area contributed by atoms with Crippen LogP contribution in [0.1, 0.15) is 44.9 Å². The van der Waals surface area contributed by atoms with Crippen molar-refractivity contribution < 1.29 is 5.11 Å². The van der Waals surface area contributed by atoms with Crippen LogP contribution in [-0.2, 0) is 0 Å². The molecular formula is C14H28N2O. The van der Waals surface area contributed by atoms with Crippen LogP contribution in [0.4, 0.5) is 0 Å². The van der Waals surface area contributed by atoms with Crippen LogP contribution in [0.2, 0.25) is 0 Å². The van der Waals surface area contributed by atoms with E-state index < -0.39 is 0 Å². The molecule has 0 aromatic carbocycles. The quantitative estimate of drug-likeness (QED) is 0.744. The molecule has 0 aromatic heterocycles. The van der Waals surface area contributed by atoms with Gasteiger partial charge in [-0.25, -0.2) is 0 Å². The number of likely N-dealkylation sites (tertiary alicyclic amines) is 1. The van der Waals surface area contributed by atoms with Crippen molar-refractivity contribution in [2.75, 3.05) is 27.2 Å². The summed E-state index contributed by atoms with van der Waals surface area (Å²) in [5.74, 6) is 0. The third kappa shape index (κ3) is 3.43. The Morgan fingerprint density at radius 1 is 1.00 bits per heavy atom. The van der Waals surface area contributed by atoms with E-state index in [-0.39, 0.29) is 6.10 Å². The smallest absolute Gasteiger partial charge is 0.0695 e. The van der Waals surface area contributed by atoms with Crippen LogP contribution in [0.5, 0.6) is 0 Å². The van der Waals surface area contributed by atoms with Gasteiger partial charge in [-0.1, -0.05) is 19.3 Å². The summed E-state index contributed by atoms with van der Waals surface area (Å²) < 4.78 is 0. The van der Waals surface area contributed by atoms with Gasteiger partial charge in [-0.15, -0.1) is 0 Å². The van der Waals surface area contributed by atoms with E-state index >= 15 is 0 Å². The maximum absolute atomic E-state index is 10.2. The van der Waals surface area contributed by atoms with Gasteiger partial charge in [0.05, 0.1) is 6.10 Å². The fourth-order valence-corrected chi connectivity index (χ4v) is 3.42.